The van der Waals surface area contributed by atoms with E-state index in [2.05, 4.69) is 4.98 Å². The van der Waals surface area contributed by atoms with E-state index in [0.717, 1.165) is 17.0 Å². The predicted octanol–water partition coefficient (Wildman–Crippen LogP) is 1.72. The molecule has 0 radical (unpaired) electrons. The molecule has 0 aliphatic carbocycles. The second-order valence-electron chi connectivity index (χ2n) is 4.59. The van der Waals surface area contributed by atoms with Crippen LogP contribution >= 0.6 is 0 Å². The number of aryl methyl sites for hydroxylation is 1. The molecule has 3 aromatic rings. The largest absolute Gasteiger partial charge is 0.307 e. The van der Waals surface area contributed by atoms with Crippen LogP contribution in [0.25, 0.3) is 5.65 Å². The molecule has 0 amide bonds. The van der Waals surface area contributed by atoms with Crippen molar-refractivity contribution in [3.05, 3.63) is 70.0 Å². The third-order valence-electron chi connectivity index (χ3n) is 3.25. The second-order valence-corrected chi connectivity index (χ2v) is 4.59. The van der Waals surface area contributed by atoms with E-state index in [9.17, 15) is 4.79 Å². The van der Waals surface area contributed by atoms with E-state index in [1.807, 2.05) is 48.0 Å². The number of rotatable bonds is 2. The highest BCUT2D eigenvalue weighted by Gasteiger charge is 2.08. The van der Waals surface area contributed by atoms with Crippen LogP contribution in [-0.4, -0.2) is 14.0 Å². The van der Waals surface area contributed by atoms with Crippen molar-refractivity contribution in [2.45, 2.75) is 13.5 Å². The number of nitriles is 1. The van der Waals surface area contributed by atoms with Gasteiger partial charge in [-0.3, -0.25) is 4.79 Å². The second kappa shape index (κ2) is 4.67. The topological polar surface area (TPSA) is 63.1 Å². The number of nitrogens with zero attached hydrogens (tertiary/aromatic N) is 4. The average molecular weight is 264 g/mol. The molecule has 98 valence electrons. The highest BCUT2D eigenvalue weighted by atomic mass is 16.1. The van der Waals surface area contributed by atoms with E-state index in [-0.39, 0.29) is 11.1 Å². The Labute approximate surface area is 115 Å². The molecule has 0 bridgehead atoms. The maximum absolute atomic E-state index is 12.1. The fourth-order valence-corrected chi connectivity index (χ4v) is 2.18. The molecule has 0 aliphatic heterocycles. The van der Waals surface area contributed by atoms with Crippen molar-refractivity contribution in [2.24, 2.45) is 0 Å². The molecule has 0 N–H and O–H groups in total. The minimum atomic E-state index is -0.274. The summed E-state index contributed by atoms with van der Waals surface area (Å²) in [4.78, 5) is 16.6. The van der Waals surface area contributed by atoms with Gasteiger partial charge in [0, 0.05) is 18.1 Å². The Hall–Kier alpha value is -2.87. The van der Waals surface area contributed by atoms with Crippen molar-refractivity contribution in [1.82, 2.24) is 14.0 Å². The van der Waals surface area contributed by atoms with Crippen LogP contribution in [0.3, 0.4) is 0 Å². The number of pyridine rings is 2. The molecule has 0 unspecified atom stereocenters. The molecule has 0 aromatic carbocycles. The Morgan fingerprint density at radius 1 is 1.30 bits per heavy atom. The Morgan fingerprint density at radius 3 is 2.90 bits per heavy atom. The van der Waals surface area contributed by atoms with Crippen molar-refractivity contribution in [3.63, 3.8) is 0 Å². The first-order valence-electron chi connectivity index (χ1n) is 6.22. The Bertz CT molecular complexity index is 850. The third kappa shape index (κ3) is 1.97. The zero-order valence-electron chi connectivity index (χ0n) is 10.9. The Morgan fingerprint density at radius 2 is 2.15 bits per heavy atom. The van der Waals surface area contributed by atoms with Gasteiger partial charge in [0.25, 0.3) is 5.56 Å². The highest BCUT2D eigenvalue weighted by molar-refractivity contribution is 5.39. The molecule has 0 saturated heterocycles. The van der Waals surface area contributed by atoms with E-state index < -0.39 is 0 Å². The van der Waals surface area contributed by atoms with Crippen LogP contribution in [0.4, 0.5) is 0 Å². The quantitative estimate of drug-likeness (QED) is 0.708. The van der Waals surface area contributed by atoms with Gasteiger partial charge in [-0.2, -0.15) is 5.26 Å². The fourth-order valence-electron chi connectivity index (χ4n) is 2.18. The summed E-state index contributed by atoms with van der Waals surface area (Å²) in [5.41, 5.74) is 2.32. The number of aromatic nitrogens is 3. The van der Waals surface area contributed by atoms with Crippen LogP contribution in [0.2, 0.25) is 0 Å². The van der Waals surface area contributed by atoms with Gasteiger partial charge >= 0.3 is 0 Å². The first kappa shape index (κ1) is 12.2. The lowest BCUT2D eigenvalue weighted by atomic mass is 10.2. The van der Waals surface area contributed by atoms with Crippen molar-refractivity contribution in [2.75, 3.05) is 0 Å². The summed E-state index contributed by atoms with van der Waals surface area (Å²) in [6.45, 7) is 2.21. The van der Waals surface area contributed by atoms with Gasteiger partial charge in [0.15, 0.2) is 0 Å². The number of hydrogen-bond acceptors (Lipinski definition) is 3. The maximum atomic E-state index is 12.1. The van der Waals surface area contributed by atoms with E-state index in [4.69, 9.17) is 5.26 Å². The fraction of sp³-hybridized carbons (Fsp3) is 0.133. The minimum absolute atomic E-state index is 0.152. The molecule has 0 saturated carbocycles. The molecule has 3 rings (SSSR count). The van der Waals surface area contributed by atoms with E-state index >= 15 is 0 Å². The van der Waals surface area contributed by atoms with E-state index in [0.29, 0.717) is 6.54 Å². The van der Waals surface area contributed by atoms with Gasteiger partial charge in [0.2, 0.25) is 0 Å². The number of fused-ring (bicyclic) bond motifs is 1. The van der Waals surface area contributed by atoms with Gasteiger partial charge in [-0.1, -0.05) is 6.07 Å². The predicted molar refractivity (Wildman–Crippen MR) is 74.4 cm³/mol. The lowest BCUT2D eigenvalue weighted by molar-refractivity contribution is 0.714. The summed E-state index contributed by atoms with van der Waals surface area (Å²) < 4.78 is 3.48. The van der Waals surface area contributed by atoms with Gasteiger partial charge in [0.05, 0.1) is 12.2 Å². The van der Waals surface area contributed by atoms with E-state index in [1.54, 1.807) is 16.7 Å². The van der Waals surface area contributed by atoms with Gasteiger partial charge in [-0.25, -0.2) is 4.98 Å². The van der Waals surface area contributed by atoms with Crippen LogP contribution < -0.4 is 5.56 Å². The van der Waals surface area contributed by atoms with E-state index in [1.165, 1.54) is 0 Å². The lowest BCUT2D eigenvalue weighted by Crippen LogP contribution is -2.25. The summed E-state index contributed by atoms with van der Waals surface area (Å²) in [6, 6.07) is 11.0. The van der Waals surface area contributed by atoms with Crippen LogP contribution in [0, 0.1) is 18.3 Å². The Balaban J connectivity index is 2.07. The molecular weight excluding hydrogens is 252 g/mol. The van der Waals surface area contributed by atoms with Crippen molar-refractivity contribution >= 4 is 5.65 Å². The molecule has 0 fully saturated rings. The summed E-state index contributed by atoms with van der Waals surface area (Å²) in [5, 5.41) is 8.93. The van der Waals surface area contributed by atoms with Crippen molar-refractivity contribution in [3.8, 4) is 6.07 Å². The maximum Gasteiger partial charge on any atom is 0.269 e. The van der Waals surface area contributed by atoms with Crippen LogP contribution in [0.5, 0.6) is 0 Å². The summed E-state index contributed by atoms with van der Waals surface area (Å²) in [5.74, 6) is 0. The molecule has 5 nitrogen and oxygen atoms in total. The van der Waals surface area contributed by atoms with Crippen LogP contribution in [0.1, 0.15) is 17.0 Å². The van der Waals surface area contributed by atoms with Gasteiger partial charge < -0.3 is 8.97 Å². The molecule has 20 heavy (non-hydrogen) atoms. The number of hydrogen-bond donors (Lipinski definition) is 0. The lowest BCUT2D eigenvalue weighted by Gasteiger charge is -2.07. The minimum Gasteiger partial charge on any atom is -0.307 e. The van der Waals surface area contributed by atoms with Gasteiger partial charge in [-0.05, 0) is 31.2 Å². The molecule has 0 atom stereocenters. The first-order valence-corrected chi connectivity index (χ1v) is 6.22. The monoisotopic (exact) mass is 264 g/mol. The van der Waals surface area contributed by atoms with Crippen LogP contribution in [0.15, 0.2) is 47.5 Å². The highest BCUT2D eigenvalue weighted by Crippen LogP contribution is 2.07. The standard InChI is InChI=1S/C15H12N4O/c1-11-5-6-12(8-16)15(20)19(11)10-13-9-18-7-3-2-4-14(18)17-13/h2-7,9H,10H2,1H3. The molecular formula is C15H12N4O. The molecule has 5 heteroatoms. The normalized spacial score (nSPS) is 10.6. The molecule has 3 aromatic heterocycles. The molecule has 0 spiro atoms. The summed E-state index contributed by atoms with van der Waals surface area (Å²) in [7, 11) is 0. The Kier molecular flexibility index (Phi) is 2.84. The SMILES string of the molecule is Cc1ccc(C#N)c(=O)n1Cc1cn2ccccc2n1. The first-order chi connectivity index (χ1) is 9.69. The van der Waals surface area contributed by atoms with Crippen molar-refractivity contribution < 1.29 is 0 Å². The smallest absolute Gasteiger partial charge is 0.269 e. The number of imidazole rings is 1. The van der Waals surface area contributed by atoms with Crippen molar-refractivity contribution in [1.29, 1.82) is 5.26 Å². The van der Waals surface area contributed by atoms with Gasteiger partial charge in [-0.15, -0.1) is 0 Å². The molecule has 3 heterocycles. The third-order valence-corrected chi connectivity index (χ3v) is 3.25. The van der Waals surface area contributed by atoms with Gasteiger partial charge in [0.1, 0.15) is 17.3 Å². The molecule has 0 aliphatic rings. The average Bonchev–Trinajstić information content (AvgIpc) is 2.86. The zero-order valence-corrected chi connectivity index (χ0v) is 10.9. The zero-order chi connectivity index (χ0) is 14.1. The summed E-state index contributed by atoms with van der Waals surface area (Å²) in [6.07, 6.45) is 3.80. The van der Waals surface area contributed by atoms with Crippen LogP contribution in [-0.2, 0) is 6.54 Å². The summed E-state index contributed by atoms with van der Waals surface area (Å²) >= 11 is 0.